The normalized spacial score (nSPS) is 15.6. The predicted molar refractivity (Wildman–Crippen MR) is 113 cm³/mol. The van der Waals surface area contributed by atoms with Gasteiger partial charge in [0, 0.05) is 45.0 Å². The van der Waals surface area contributed by atoms with Crippen LogP contribution in [-0.2, 0) is 29.2 Å². The highest BCUT2D eigenvalue weighted by atomic mass is 16.5. The first-order chi connectivity index (χ1) is 15.3. The fraction of sp³-hybridized carbons (Fsp3) is 0.476. The number of hydrogen-bond acceptors (Lipinski definition) is 7. The molecule has 1 amide bonds. The molecule has 4 rings (SSSR count). The van der Waals surface area contributed by atoms with Crippen LogP contribution in [0.5, 0.6) is 0 Å². The summed E-state index contributed by atoms with van der Waals surface area (Å²) in [6.07, 6.45) is 6.47. The molecular formula is C21H28N8O2. The first kappa shape index (κ1) is 21.1. The zero-order valence-corrected chi connectivity index (χ0v) is 17.5. The lowest BCUT2D eigenvalue weighted by molar-refractivity contribution is -0.122. The number of tetrazole rings is 1. The molecule has 3 aromatic rings. The van der Waals surface area contributed by atoms with Crippen molar-refractivity contribution in [1.29, 1.82) is 0 Å². The molecule has 0 radical (unpaired) electrons. The van der Waals surface area contributed by atoms with Crippen LogP contribution in [0, 0.1) is 0 Å². The van der Waals surface area contributed by atoms with E-state index in [4.69, 9.17) is 4.74 Å². The Morgan fingerprint density at radius 1 is 1.19 bits per heavy atom. The van der Waals surface area contributed by atoms with Gasteiger partial charge in [-0.05, 0) is 22.4 Å². The summed E-state index contributed by atoms with van der Waals surface area (Å²) < 4.78 is 9.15. The number of rotatable bonds is 10. The first-order valence-electron chi connectivity index (χ1n) is 10.6. The van der Waals surface area contributed by atoms with Crippen molar-refractivity contribution < 1.29 is 9.53 Å². The molecule has 1 aromatic carbocycles. The summed E-state index contributed by atoms with van der Waals surface area (Å²) in [6, 6.07) is 9.88. The smallest absolute Gasteiger partial charge is 0.220 e. The quantitative estimate of drug-likeness (QED) is 0.519. The number of carbonyl (C=O) groups excluding carboxylic acids is 1. The van der Waals surface area contributed by atoms with Crippen LogP contribution in [-0.4, -0.2) is 66.9 Å². The van der Waals surface area contributed by atoms with Gasteiger partial charge in [-0.3, -0.25) is 9.69 Å². The number of imidazole rings is 1. The van der Waals surface area contributed by atoms with Gasteiger partial charge < -0.3 is 14.6 Å². The molecule has 3 heterocycles. The Bertz CT molecular complexity index is 922. The van der Waals surface area contributed by atoms with Crippen molar-refractivity contribution in [2.24, 2.45) is 0 Å². The number of morpholine rings is 1. The van der Waals surface area contributed by atoms with Gasteiger partial charge in [-0.25, -0.2) is 9.67 Å². The van der Waals surface area contributed by atoms with Crippen LogP contribution in [0.15, 0.2) is 49.1 Å². The standard InChI is InChI=1S/C21H28N8O2/c30-21(23-19(15-28-10-8-22-17-28)18-5-2-1-3-6-18)7-4-9-29-20(24-25-26-29)16-27-11-13-31-14-12-27/h1-3,5-6,8,10,17,19H,4,7,9,11-16H2,(H,23,30)/t19-/m0/s1. The predicted octanol–water partition coefficient (Wildman–Crippen LogP) is 1.04. The number of ether oxygens (including phenoxy) is 1. The number of aryl methyl sites for hydroxylation is 1. The third-order valence-corrected chi connectivity index (χ3v) is 5.34. The Morgan fingerprint density at radius 2 is 2.03 bits per heavy atom. The maximum absolute atomic E-state index is 12.7. The van der Waals surface area contributed by atoms with E-state index in [1.165, 1.54) is 0 Å². The van der Waals surface area contributed by atoms with Crippen molar-refractivity contribution in [2.45, 2.75) is 38.5 Å². The molecule has 1 atom stereocenters. The molecule has 0 bridgehead atoms. The molecule has 0 unspecified atom stereocenters. The molecule has 1 aliphatic heterocycles. The summed E-state index contributed by atoms with van der Waals surface area (Å²) in [5.41, 5.74) is 1.07. The molecule has 1 saturated heterocycles. The van der Waals surface area contributed by atoms with E-state index in [2.05, 4.69) is 30.7 Å². The number of benzene rings is 1. The summed E-state index contributed by atoms with van der Waals surface area (Å²) >= 11 is 0. The Morgan fingerprint density at radius 3 is 2.81 bits per heavy atom. The molecule has 0 spiro atoms. The number of carbonyl (C=O) groups is 1. The largest absolute Gasteiger partial charge is 0.379 e. The van der Waals surface area contributed by atoms with Crippen LogP contribution < -0.4 is 5.32 Å². The zero-order valence-electron chi connectivity index (χ0n) is 17.5. The Balaban J connectivity index is 1.28. The third-order valence-electron chi connectivity index (χ3n) is 5.34. The topological polar surface area (TPSA) is 103 Å². The molecule has 1 N–H and O–H groups in total. The molecule has 31 heavy (non-hydrogen) atoms. The molecule has 10 heteroatoms. The van der Waals surface area contributed by atoms with E-state index in [0.717, 1.165) is 37.7 Å². The zero-order chi connectivity index (χ0) is 21.3. The van der Waals surface area contributed by atoms with Crippen LogP contribution in [0.4, 0.5) is 0 Å². The fourth-order valence-electron chi connectivity index (χ4n) is 3.65. The lowest BCUT2D eigenvalue weighted by atomic mass is 10.1. The molecule has 0 aliphatic carbocycles. The van der Waals surface area contributed by atoms with E-state index in [1.54, 1.807) is 17.2 Å². The maximum Gasteiger partial charge on any atom is 0.220 e. The Kier molecular flexibility index (Phi) is 7.35. The lowest BCUT2D eigenvalue weighted by Crippen LogP contribution is -2.36. The second-order valence-corrected chi connectivity index (χ2v) is 7.60. The van der Waals surface area contributed by atoms with Gasteiger partial charge in [0.05, 0.1) is 32.1 Å². The van der Waals surface area contributed by atoms with Gasteiger partial charge in [-0.1, -0.05) is 30.3 Å². The fourth-order valence-corrected chi connectivity index (χ4v) is 3.65. The highest BCUT2D eigenvalue weighted by Crippen LogP contribution is 2.15. The minimum Gasteiger partial charge on any atom is -0.379 e. The van der Waals surface area contributed by atoms with Crippen LogP contribution in [0.2, 0.25) is 0 Å². The SMILES string of the molecule is O=C(CCCn1nnnc1CN1CCOCC1)N[C@@H](Cn1ccnc1)c1ccccc1. The van der Waals surface area contributed by atoms with Gasteiger partial charge in [-0.2, -0.15) is 0 Å². The van der Waals surface area contributed by atoms with Gasteiger partial charge in [0.1, 0.15) is 0 Å². The van der Waals surface area contributed by atoms with Crippen molar-refractivity contribution in [1.82, 2.24) is 40.0 Å². The van der Waals surface area contributed by atoms with Gasteiger partial charge in [0.15, 0.2) is 5.82 Å². The lowest BCUT2D eigenvalue weighted by Gasteiger charge is -2.25. The molecule has 10 nitrogen and oxygen atoms in total. The summed E-state index contributed by atoms with van der Waals surface area (Å²) in [4.78, 5) is 19.0. The van der Waals surface area contributed by atoms with Gasteiger partial charge in [-0.15, -0.1) is 5.10 Å². The molecule has 1 aliphatic rings. The van der Waals surface area contributed by atoms with Crippen LogP contribution >= 0.6 is 0 Å². The van der Waals surface area contributed by atoms with E-state index in [-0.39, 0.29) is 11.9 Å². The number of aromatic nitrogens is 6. The summed E-state index contributed by atoms with van der Waals surface area (Å²) in [5, 5.41) is 15.2. The highest BCUT2D eigenvalue weighted by Gasteiger charge is 2.17. The molecule has 1 fully saturated rings. The van der Waals surface area contributed by atoms with E-state index in [1.807, 2.05) is 41.1 Å². The van der Waals surface area contributed by atoms with Gasteiger partial charge >= 0.3 is 0 Å². The molecule has 2 aromatic heterocycles. The molecule has 0 saturated carbocycles. The van der Waals surface area contributed by atoms with Gasteiger partial charge in [0.2, 0.25) is 5.91 Å². The summed E-state index contributed by atoms with van der Waals surface area (Å²) in [7, 11) is 0. The van der Waals surface area contributed by atoms with Crippen molar-refractivity contribution >= 4 is 5.91 Å². The van der Waals surface area contributed by atoms with E-state index in [0.29, 0.717) is 32.5 Å². The van der Waals surface area contributed by atoms with Crippen molar-refractivity contribution in [3.05, 3.63) is 60.4 Å². The Labute approximate surface area is 181 Å². The van der Waals surface area contributed by atoms with Crippen LogP contribution in [0.3, 0.4) is 0 Å². The second-order valence-electron chi connectivity index (χ2n) is 7.60. The number of amides is 1. The van der Waals surface area contributed by atoms with Crippen LogP contribution in [0.1, 0.15) is 30.3 Å². The minimum atomic E-state index is -0.118. The first-order valence-corrected chi connectivity index (χ1v) is 10.6. The average Bonchev–Trinajstić information content (AvgIpc) is 3.47. The molecule has 164 valence electrons. The monoisotopic (exact) mass is 424 g/mol. The summed E-state index contributed by atoms with van der Waals surface area (Å²) in [5.74, 6) is 0.835. The Hall–Kier alpha value is -3.11. The number of hydrogen-bond donors (Lipinski definition) is 1. The van der Waals surface area contributed by atoms with E-state index >= 15 is 0 Å². The maximum atomic E-state index is 12.7. The minimum absolute atomic E-state index is 0.0109. The van der Waals surface area contributed by atoms with Crippen molar-refractivity contribution in [3.8, 4) is 0 Å². The highest BCUT2D eigenvalue weighted by molar-refractivity contribution is 5.76. The van der Waals surface area contributed by atoms with Gasteiger partial charge in [0.25, 0.3) is 0 Å². The van der Waals surface area contributed by atoms with Crippen molar-refractivity contribution in [2.75, 3.05) is 26.3 Å². The van der Waals surface area contributed by atoms with E-state index < -0.39 is 0 Å². The van der Waals surface area contributed by atoms with Crippen LogP contribution in [0.25, 0.3) is 0 Å². The summed E-state index contributed by atoms with van der Waals surface area (Å²) in [6.45, 7) is 5.18. The van der Waals surface area contributed by atoms with E-state index in [9.17, 15) is 4.79 Å². The number of nitrogens with one attached hydrogen (secondary N) is 1. The third kappa shape index (κ3) is 6.19. The van der Waals surface area contributed by atoms with Crippen molar-refractivity contribution in [3.63, 3.8) is 0 Å². The molecular weight excluding hydrogens is 396 g/mol. The number of nitrogens with zero attached hydrogens (tertiary/aromatic N) is 7. The second kappa shape index (κ2) is 10.8. The average molecular weight is 425 g/mol.